The summed E-state index contributed by atoms with van der Waals surface area (Å²) in [5.41, 5.74) is 8.25. The largest absolute Gasteiger partial charge is 0.508 e. The van der Waals surface area contributed by atoms with Gasteiger partial charge in [0.1, 0.15) is 5.75 Å². The molecule has 0 bridgehead atoms. The molecule has 1 amide bonds. The second-order valence-electron chi connectivity index (χ2n) is 4.67. The lowest BCUT2D eigenvalue weighted by atomic mass is 9.98. The highest BCUT2D eigenvalue weighted by molar-refractivity contribution is 5.96. The Morgan fingerprint density at radius 1 is 1.10 bits per heavy atom. The molecule has 5 heteroatoms. The molecule has 0 aromatic heterocycles. The van der Waals surface area contributed by atoms with Crippen molar-refractivity contribution in [2.45, 2.75) is 6.04 Å². The molecule has 20 heavy (non-hydrogen) atoms. The van der Waals surface area contributed by atoms with E-state index >= 15 is 0 Å². The molecular weight excluding hydrogens is 254 g/mol. The monoisotopic (exact) mass is 269 g/mol. The van der Waals surface area contributed by atoms with Crippen molar-refractivity contribution >= 4 is 11.6 Å². The number of carbonyl (C=O) groups is 1. The molecule has 1 heterocycles. The molecule has 2 aromatic carbocycles. The van der Waals surface area contributed by atoms with Crippen LogP contribution in [-0.2, 0) is 0 Å². The summed E-state index contributed by atoms with van der Waals surface area (Å²) >= 11 is 0. The predicted octanol–water partition coefficient (Wildman–Crippen LogP) is 1.79. The zero-order valence-electron chi connectivity index (χ0n) is 10.8. The van der Waals surface area contributed by atoms with Crippen molar-refractivity contribution in [3.63, 3.8) is 0 Å². The molecule has 5 nitrogen and oxygen atoms in total. The lowest BCUT2D eigenvalue weighted by molar-refractivity contribution is 0.0909. The first-order chi connectivity index (χ1) is 9.74. The zero-order chi connectivity index (χ0) is 13.9. The van der Waals surface area contributed by atoms with Crippen molar-refractivity contribution in [3.8, 4) is 5.75 Å². The number of nitrogens with one attached hydrogen (secondary N) is 3. The van der Waals surface area contributed by atoms with Gasteiger partial charge in [0.25, 0.3) is 5.91 Å². The van der Waals surface area contributed by atoms with Crippen LogP contribution in [0.15, 0.2) is 48.5 Å². The Balaban J connectivity index is 1.74. The minimum absolute atomic E-state index is 0.00213. The standard InChI is InChI=1S/C15H15N3O2/c19-11-7-5-10(6-8-11)16-9-14-12-3-1-2-4-13(12)15(20)18-17-14/h1-8,14,16-17,19H,9H2,(H,18,20). The summed E-state index contributed by atoms with van der Waals surface area (Å²) in [6, 6.07) is 14.4. The molecule has 4 N–H and O–H groups in total. The molecule has 1 unspecified atom stereocenters. The number of carbonyl (C=O) groups excluding carboxylic acids is 1. The van der Waals surface area contributed by atoms with Gasteiger partial charge < -0.3 is 10.4 Å². The maximum atomic E-state index is 11.7. The first kappa shape index (κ1) is 12.5. The second-order valence-corrected chi connectivity index (χ2v) is 4.67. The summed E-state index contributed by atoms with van der Waals surface area (Å²) in [5, 5.41) is 12.5. The van der Waals surface area contributed by atoms with Gasteiger partial charge in [0.15, 0.2) is 0 Å². The number of hydrazine groups is 1. The smallest absolute Gasteiger partial charge is 0.265 e. The van der Waals surface area contributed by atoms with E-state index in [0.29, 0.717) is 12.1 Å². The van der Waals surface area contributed by atoms with Crippen LogP contribution in [0.1, 0.15) is 22.0 Å². The average Bonchev–Trinajstić information content (AvgIpc) is 2.49. The first-order valence-electron chi connectivity index (χ1n) is 6.42. The van der Waals surface area contributed by atoms with Gasteiger partial charge in [-0.3, -0.25) is 10.2 Å². The number of benzene rings is 2. The van der Waals surface area contributed by atoms with E-state index in [1.807, 2.05) is 36.4 Å². The van der Waals surface area contributed by atoms with Crippen LogP contribution in [0.5, 0.6) is 5.75 Å². The van der Waals surface area contributed by atoms with Crippen LogP contribution in [-0.4, -0.2) is 17.6 Å². The number of amides is 1. The van der Waals surface area contributed by atoms with Crippen molar-refractivity contribution in [3.05, 3.63) is 59.7 Å². The summed E-state index contributed by atoms with van der Waals surface area (Å²) < 4.78 is 0. The van der Waals surface area contributed by atoms with Crippen LogP contribution in [0.2, 0.25) is 0 Å². The number of fused-ring (bicyclic) bond motifs is 1. The third-order valence-electron chi connectivity index (χ3n) is 3.32. The SMILES string of the molecule is O=C1NNC(CNc2ccc(O)cc2)c2ccccc21. The Hall–Kier alpha value is -2.53. The fraction of sp³-hybridized carbons (Fsp3) is 0.133. The number of hydrogen-bond acceptors (Lipinski definition) is 4. The van der Waals surface area contributed by atoms with Crippen LogP contribution < -0.4 is 16.2 Å². The molecule has 102 valence electrons. The van der Waals surface area contributed by atoms with Gasteiger partial charge in [0.05, 0.1) is 6.04 Å². The summed E-state index contributed by atoms with van der Waals surface area (Å²) in [6.45, 7) is 0.627. The molecule has 0 saturated carbocycles. The van der Waals surface area contributed by atoms with Crippen molar-refractivity contribution in [1.29, 1.82) is 0 Å². The average molecular weight is 269 g/mol. The van der Waals surface area contributed by atoms with Crippen LogP contribution in [0.3, 0.4) is 0 Å². The quantitative estimate of drug-likeness (QED) is 0.641. The van der Waals surface area contributed by atoms with Crippen molar-refractivity contribution < 1.29 is 9.90 Å². The van der Waals surface area contributed by atoms with Crippen LogP contribution in [0, 0.1) is 0 Å². The van der Waals surface area contributed by atoms with E-state index in [1.54, 1.807) is 12.1 Å². The van der Waals surface area contributed by atoms with E-state index in [4.69, 9.17) is 0 Å². The Morgan fingerprint density at radius 3 is 2.65 bits per heavy atom. The fourth-order valence-electron chi connectivity index (χ4n) is 2.27. The van der Waals surface area contributed by atoms with Crippen molar-refractivity contribution in [2.75, 3.05) is 11.9 Å². The van der Waals surface area contributed by atoms with Gasteiger partial charge >= 0.3 is 0 Å². The van der Waals surface area contributed by atoms with Gasteiger partial charge in [-0.1, -0.05) is 18.2 Å². The maximum Gasteiger partial charge on any atom is 0.265 e. The van der Waals surface area contributed by atoms with E-state index < -0.39 is 0 Å². The van der Waals surface area contributed by atoms with E-state index in [2.05, 4.69) is 16.2 Å². The molecule has 2 aromatic rings. The number of phenolic OH excluding ortho intramolecular Hbond substituents is 1. The maximum absolute atomic E-state index is 11.7. The Morgan fingerprint density at radius 2 is 1.85 bits per heavy atom. The molecule has 0 spiro atoms. The zero-order valence-corrected chi connectivity index (χ0v) is 10.8. The molecule has 1 aliphatic heterocycles. The summed E-state index contributed by atoms with van der Waals surface area (Å²) in [6.07, 6.45) is 0. The van der Waals surface area contributed by atoms with Crippen molar-refractivity contribution in [2.24, 2.45) is 0 Å². The van der Waals surface area contributed by atoms with Crippen LogP contribution in [0.4, 0.5) is 5.69 Å². The highest BCUT2D eigenvalue weighted by Crippen LogP contribution is 2.22. The van der Waals surface area contributed by atoms with E-state index in [1.165, 1.54) is 0 Å². The normalized spacial score (nSPS) is 17.2. The topological polar surface area (TPSA) is 73.4 Å². The minimum Gasteiger partial charge on any atom is -0.508 e. The van der Waals surface area contributed by atoms with Crippen molar-refractivity contribution in [1.82, 2.24) is 10.9 Å². The number of rotatable bonds is 3. The minimum atomic E-state index is -0.110. The summed E-state index contributed by atoms with van der Waals surface area (Å²) in [4.78, 5) is 11.7. The summed E-state index contributed by atoms with van der Waals surface area (Å²) in [7, 11) is 0. The van der Waals surface area contributed by atoms with Crippen LogP contribution >= 0.6 is 0 Å². The third-order valence-corrected chi connectivity index (χ3v) is 3.32. The Kier molecular flexibility index (Phi) is 3.26. The second kappa shape index (κ2) is 5.22. The van der Waals surface area contributed by atoms with E-state index in [9.17, 15) is 9.90 Å². The number of aromatic hydroxyl groups is 1. The van der Waals surface area contributed by atoms with Gasteiger partial charge in [0.2, 0.25) is 0 Å². The summed E-state index contributed by atoms with van der Waals surface area (Å²) in [5.74, 6) is 0.130. The predicted molar refractivity (Wildman–Crippen MR) is 76.4 cm³/mol. The van der Waals surface area contributed by atoms with Gasteiger partial charge in [-0.25, -0.2) is 5.43 Å². The molecule has 3 rings (SSSR count). The Labute approximate surface area is 116 Å². The number of hydrogen-bond donors (Lipinski definition) is 4. The lowest BCUT2D eigenvalue weighted by Gasteiger charge is -2.27. The highest BCUT2D eigenvalue weighted by atomic mass is 16.3. The number of phenols is 1. The van der Waals surface area contributed by atoms with E-state index in [-0.39, 0.29) is 17.7 Å². The lowest BCUT2D eigenvalue weighted by Crippen LogP contribution is -2.47. The van der Waals surface area contributed by atoms with Gasteiger partial charge in [0, 0.05) is 17.8 Å². The highest BCUT2D eigenvalue weighted by Gasteiger charge is 2.23. The molecule has 0 fully saturated rings. The molecule has 0 saturated heterocycles. The number of anilines is 1. The van der Waals surface area contributed by atoms with E-state index in [0.717, 1.165) is 11.3 Å². The fourth-order valence-corrected chi connectivity index (χ4v) is 2.27. The molecular formula is C15H15N3O2. The first-order valence-corrected chi connectivity index (χ1v) is 6.42. The van der Waals surface area contributed by atoms with Gasteiger partial charge in [-0.2, -0.15) is 0 Å². The molecule has 0 radical (unpaired) electrons. The third kappa shape index (κ3) is 2.44. The molecule has 1 atom stereocenters. The van der Waals surface area contributed by atoms with Gasteiger partial charge in [-0.05, 0) is 35.9 Å². The van der Waals surface area contributed by atoms with Crippen LogP contribution in [0.25, 0.3) is 0 Å². The molecule has 1 aliphatic rings. The Bertz CT molecular complexity index is 625. The molecule has 0 aliphatic carbocycles. The van der Waals surface area contributed by atoms with Gasteiger partial charge in [-0.15, -0.1) is 0 Å².